The van der Waals surface area contributed by atoms with Gasteiger partial charge < -0.3 is 14.8 Å². The Hall–Kier alpha value is -2.13. The zero-order chi connectivity index (χ0) is 20.9. The van der Waals surface area contributed by atoms with E-state index in [9.17, 15) is 13.2 Å². The van der Waals surface area contributed by atoms with E-state index in [2.05, 4.69) is 5.32 Å². The monoisotopic (exact) mass is 438 g/mol. The highest BCUT2D eigenvalue weighted by Crippen LogP contribution is 2.30. The van der Waals surface area contributed by atoms with Crippen LogP contribution in [0, 0.1) is 0 Å². The first-order chi connectivity index (χ1) is 13.9. The molecule has 0 saturated carbocycles. The molecule has 1 aliphatic rings. The summed E-state index contributed by atoms with van der Waals surface area (Å²) in [5.41, 5.74) is 0.961. The summed E-state index contributed by atoms with van der Waals surface area (Å²) < 4.78 is 38.1. The average molecular weight is 439 g/mol. The van der Waals surface area contributed by atoms with Crippen molar-refractivity contribution in [3.05, 3.63) is 59.1 Å². The summed E-state index contributed by atoms with van der Waals surface area (Å²) in [6.45, 7) is 2.71. The first kappa shape index (κ1) is 21.6. The van der Waals surface area contributed by atoms with Gasteiger partial charge in [0.1, 0.15) is 10.6 Å². The molecule has 7 nitrogen and oxygen atoms in total. The van der Waals surface area contributed by atoms with Crippen LogP contribution in [-0.2, 0) is 19.6 Å². The fourth-order valence-corrected chi connectivity index (χ4v) is 4.78. The van der Waals surface area contributed by atoms with Gasteiger partial charge in [-0.2, -0.15) is 4.31 Å². The van der Waals surface area contributed by atoms with Crippen LogP contribution in [0.3, 0.4) is 0 Å². The van der Waals surface area contributed by atoms with E-state index in [1.807, 2.05) is 37.3 Å². The maximum Gasteiger partial charge on any atom is 0.258 e. The van der Waals surface area contributed by atoms with Crippen molar-refractivity contribution < 1.29 is 22.7 Å². The molecule has 1 unspecified atom stereocenters. The highest BCUT2D eigenvalue weighted by atomic mass is 35.5. The van der Waals surface area contributed by atoms with Crippen LogP contribution < -0.4 is 10.1 Å². The van der Waals surface area contributed by atoms with E-state index < -0.39 is 10.0 Å². The lowest BCUT2D eigenvalue weighted by Crippen LogP contribution is -2.40. The van der Waals surface area contributed by atoms with Gasteiger partial charge in [0.2, 0.25) is 10.0 Å². The molecule has 2 aromatic rings. The summed E-state index contributed by atoms with van der Waals surface area (Å²) in [5.74, 6) is -0.269. The molecule has 0 bridgehead atoms. The van der Waals surface area contributed by atoms with Gasteiger partial charge in [0.05, 0.1) is 19.3 Å². The fourth-order valence-electron chi connectivity index (χ4n) is 2.98. The van der Waals surface area contributed by atoms with Crippen LogP contribution in [0.5, 0.6) is 5.75 Å². The van der Waals surface area contributed by atoms with Gasteiger partial charge in [0.15, 0.2) is 6.61 Å². The van der Waals surface area contributed by atoms with Gasteiger partial charge in [0, 0.05) is 18.1 Å². The number of ether oxygens (including phenoxy) is 2. The van der Waals surface area contributed by atoms with Crippen LogP contribution in [0.4, 0.5) is 0 Å². The molecule has 1 aliphatic heterocycles. The third-order valence-electron chi connectivity index (χ3n) is 4.53. The standard InChI is InChI=1S/C20H23ClN2O5S/c1-15(16-5-3-2-4-6-16)22-20(24)14-28-18-8-7-17(21)13-19(18)29(25,26)23-9-11-27-12-10-23/h2-8,13,15H,9-12,14H2,1H3,(H,22,24). The van der Waals surface area contributed by atoms with Crippen LogP contribution in [0.15, 0.2) is 53.4 Å². The Balaban J connectivity index is 1.70. The molecule has 156 valence electrons. The van der Waals surface area contributed by atoms with Crippen molar-refractivity contribution in [2.45, 2.75) is 17.9 Å². The van der Waals surface area contributed by atoms with Gasteiger partial charge in [-0.15, -0.1) is 0 Å². The Bertz CT molecular complexity index is 947. The summed E-state index contributed by atoms with van der Waals surface area (Å²) in [7, 11) is -3.82. The van der Waals surface area contributed by atoms with Crippen LogP contribution in [0.2, 0.25) is 5.02 Å². The summed E-state index contributed by atoms with van der Waals surface area (Å²) >= 11 is 6.02. The number of rotatable bonds is 7. The SMILES string of the molecule is CC(NC(=O)COc1ccc(Cl)cc1S(=O)(=O)N1CCOCC1)c1ccccc1. The molecule has 1 amide bonds. The van der Waals surface area contributed by atoms with Gasteiger partial charge in [-0.25, -0.2) is 8.42 Å². The minimum atomic E-state index is -3.82. The van der Waals surface area contributed by atoms with Gasteiger partial charge in [0.25, 0.3) is 5.91 Å². The number of carbonyl (C=O) groups excluding carboxylic acids is 1. The lowest BCUT2D eigenvalue weighted by Gasteiger charge is -2.27. The van der Waals surface area contributed by atoms with Gasteiger partial charge in [-0.05, 0) is 30.7 Å². The number of halogens is 1. The predicted octanol–water partition coefficient (Wildman–Crippen LogP) is 2.62. The second-order valence-electron chi connectivity index (χ2n) is 6.60. The maximum absolute atomic E-state index is 13.0. The number of hydrogen-bond acceptors (Lipinski definition) is 5. The minimum absolute atomic E-state index is 0.0594. The van der Waals surface area contributed by atoms with E-state index in [4.69, 9.17) is 21.1 Å². The number of nitrogens with one attached hydrogen (secondary N) is 1. The van der Waals surface area contributed by atoms with Crippen molar-refractivity contribution in [1.29, 1.82) is 0 Å². The average Bonchev–Trinajstić information content (AvgIpc) is 2.74. The Kier molecular flexibility index (Phi) is 7.13. The van der Waals surface area contributed by atoms with Crippen molar-refractivity contribution in [3.8, 4) is 5.75 Å². The molecule has 9 heteroatoms. The Labute approximate surface area is 175 Å². The first-order valence-electron chi connectivity index (χ1n) is 9.22. The number of sulfonamides is 1. The van der Waals surface area contributed by atoms with Gasteiger partial charge >= 0.3 is 0 Å². The van der Waals surface area contributed by atoms with Crippen LogP contribution in [0.25, 0.3) is 0 Å². The highest BCUT2D eigenvalue weighted by molar-refractivity contribution is 7.89. The molecule has 1 fully saturated rings. The van der Waals surface area contributed by atoms with Crippen LogP contribution in [0.1, 0.15) is 18.5 Å². The Morgan fingerprint density at radius 1 is 1.21 bits per heavy atom. The predicted molar refractivity (Wildman–Crippen MR) is 110 cm³/mol. The van der Waals surface area contributed by atoms with Crippen LogP contribution >= 0.6 is 11.6 Å². The summed E-state index contributed by atoms with van der Waals surface area (Å²) in [6, 6.07) is 13.6. The molecule has 1 N–H and O–H groups in total. The Morgan fingerprint density at radius 3 is 2.59 bits per heavy atom. The summed E-state index contributed by atoms with van der Waals surface area (Å²) in [6.07, 6.45) is 0. The zero-order valence-electron chi connectivity index (χ0n) is 16.0. The number of carbonyl (C=O) groups is 1. The van der Waals surface area contributed by atoms with Crippen molar-refractivity contribution in [3.63, 3.8) is 0 Å². The molecular weight excluding hydrogens is 416 g/mol. The second-order valence-corrected chi connectivity index (χ2v) is 8.94. The van der Waals surface area contributed by atoms with E-state index in [0.717, 1.165) is 5.56 Å². The van der Waals surface area contributed by atoms with Crippen molar-refractivity contribution in [2.24, 2.45) is 0 Å². The largest absolute Gasteiger partial charge is 0.482 e. The molecule has 1 atom stereocenters. The summed E-state index contributed by atoms with van der Waals surface area (Å²) in [4.78, 5) is 12.2. The lowest BCUT2D eigenvalue weighted by atomic mass is 10.1. The molecule has 0 radical (unpaired) electrons. The number of hydrogen-bond donors (Lipinski definition) is 1. The zero-order valence-corrected chi connectivity index (χ0v) is 17.6. The van der Waals surface area contributed by atoms with E-state index in [1.54, 1.807) is 0 Å². The molecule has 3 rings (SSSR count). The molecule has 29 heavy (non-hydrogen) atoms. The summed E-state index contributed by atoms with van der Waals surface area (Å²) in [5, 5.41) is 3.10. The van der Waals surface area contributed by atoms with Gasteiger partial charge in [-0.1, -0.05) is 41.9 Å². The first-order valence-corrected chi connectivity index (χ1v) is 11.0. The molecule has 0 spiro atoms. The molecular formula is C20H23ClN2O5S. The van der Waals surface area contributed by atoms with E-state index in [-0.39, 0.29) is 47.3 Å². The van der Waals surface area contributed by atoms with E-state index in [1.165, 1.54) is 22.5 Å². The van der Waals surface area contributed by atoms with Crippen molar-refractivity contribution in [2.75, 3.05) is 32.9 Å². The highest BCUT2D eigenvalue weighted by Gasteiger charge is 2.29. The fraction of sp³-hybridized carbons (Fsp3) is 0.350. The molecule has 0 aromatic heterocycles. The van der Waals surface area contributed by atoms with Crippen molar-refractivity contribution in [1.82, 2.24) is 9.62 Å². The van der Waals surface area contributed by atoms with Crippen LogP contribution in [-0.4, -0.2) is 51.5 Å². The topological polar surface area (TPSA) is 84.9 Å². The molecule has 2 aromatic carbocycles. The Morgan fingerprint density at radius 2 is 1.90 bits per heavy atom. The normalized spacial score (nSPS) is 16.2. The lowest BCUT2D eigenvalue weighted by molar-refractivity contribution is -0.123. The van der Waals surface area contributed by atoms with Crippen molar-refractivity contribution >= 4 is 27.5 Å². The molecule has 1 saturated heterocycles. The molecule has 0 aliphatic carbocycles. The third-order valence-corrected chi connectivity index (χ3v) is 6.68. The number of nitrogens with zero attached hydrogens (tertiary/aromatic N) is 1. The second kappa shape index (κ2) is 9.58. The number of benzene rings is 2. The number of morpholine rings is 1. The minimum Gasteiger partial charge on any atom is -0.482 e. The maximum atomic E-state index is 13.0. The third kappa shape index (κ3) is 5.48. The smallest absolute Gasteiger partial charge is 0.258 e. The number of amides is 1. The van der Waals surface area contributed by atoms with E-state index >= 15 is 0 Å². The van der Waals surface area contributed by atoms with Gasteiger partial charge in [-0.3, -0.25) is 4.79 Å². The van der Waals surface area contributed by atoms with E-state index in [0.29, 0.717) is 13.2 Å². The quantitative estimate of drug-likeness (QED) is 0.718. The molecule has 1 heterocycles.